The van der Waals surface area contributed by atoms with Gasteiger partial charge in [-0.3, -0.25) is 4.79 Å². The zero-order valence-electron chi connectivity index (χ0n) is 10.9. The maximum absolute atomic E-state index is 11.5. The topological polar surface area (TPSA) is 74.1 Å². The highest BCUT2D eigenvalue weighted by molar-refractivity contribution is 5.18. The van der Waals surface area contributed by atoms with Gasteiger partial charge in [-0.05, 0) is 12.5 Å². The smallest absolute Gasteiger partial charge is 0.283 e. The molecule has 0 bridgehead atoms. The summed E-state index contributed by atoms with van der Waals surface area (Å²) in [6.45, 7) is 1.77. The Morgan fingerprint density at radius 2 is 2.05 bits per heavy atom. The highest BCUT2D eigenvalue weighted by Crippen LogP contribution is 2.15. The van der Waals surface area contributed by atoms with Crippen LogP contribution in [0.1, 0.15) is 30.2 Å². The van der Waals surface area contributed by atoms with Gasteiger partial charge in [-0.1, -0.05) is 35.5 Å². The van der Waals surface area contributed by atoms with E-state index in [1.54, 1.807) is 6.92 Å². The molecule has 102 valence electrons. The molecule has 2 heterocycles. The van der Waals surface area contributed by atoms with Crippen molar-refractivity contribution in [2.75, 3.05) is 0 Å². The molecule has 0 saturated heterocycles. The molecule has 0 aliphatic rings. The molecule has 1 atom stereocenters. The van der Waals surface area contributed by atoms with Gasteiger partial charge in [0.05, 0.1) is 0 Å². The summed E-state index contributed by atoms with van der Waals surface area (Å²) in [6, 6.07) is 10.8. The molecule has 3 aromatic rings. The van der Waals surface area contributed by atoms with Gasteiger partial charge in [-0.25, -0.2) is 0 Å². The summed E-state index contributed by atoms with van der Waals surface area (Å²) < 4.78 is 11.5. The van der Waals surface area contributed by atoms with Crippen molar-refractivity contribution in [3.05, 3.63) is 70.3 Å². The van der Waals surface area contributed by atoms with E-state index in [4.69, 9.17) is 9.05 Å². The average molecular weight is 271 g/mol. The van der Waals surface area contributed by atoms with E-state index in [1.807, 2.05) is 30.3 Å². The predicted molar refractivity (Wildman–Crippen MR) is 70.3 cm³/mol. The molecule has 0 amide bonds. The second kappa shape index (κ2) is 5.16. The van der Waals surface area contributed by atoms with Crippen LogP contribution in [0.4, 0.5) is 0 Å². The molecule has 3 rings (SSSR count). The fourth-order valence-electron chi connectivity index (χ4n) is 1.95. The number of hydrogen-bond donors (Lipinski definition) is 0. The minimum atomic E-state index is -0.422. The van der Waals surface area contributed by atoms with Crippen LogP contribution in [0.15, 0.2) is 56.5 Å². The number of hydrogen-bond acceptors (Lipinski definition) is 5. The van der Waals surface area contributed by atoms with Crippen LogP contribution in [0.2, 0.25) is 0 Å². The summed E-state index contributed by atoms with van der Waals surface area (Å²) in [6.07, 6.45) is 1.92. The Balaban J connectivity index is 1.80. The van der Waals surface area contributed by atoms with Crippen molar-refractivity contribution in [2.24, 2.45) is 0 Å². The highest BCUT2D eigenvalue weighted by Gasteiger charge is 2.19. The molecular formula is C14H13N3O3. The molecule has 6 heteroatoms. The first kappa shape index (κ1) is 12.4. The third kappa shape index (κ3) is 2.40. The molecule has 20 heavy (non-hydrogen) atoms. The van der Waals surface area contributed by atoms with Crippen LogP contribution in [0.25, 0.3) is 0 Å². The summed E-state index contributed by atoms with van der Waals surface area (Å²) in [4.78, 5) is 15.8. The van der Waals surface area contributed by atoms with Gasteiger partial charge in [-0.15, -0.1) is 0 Å². The lowest BCUT2D eigenvalue weighted by molar-refractivity contribution is 0.210. The number of aromatic nitrogens is 3. The van der Waals surface area contributed by atoms with Crippen molar-refractivity contribution in [1.29, 1.82) is 0 Å². The molecular weight excluding hydrogens is 258 g/mol. The largest absolute Gasteiger partial charge is 0.383 e. The van der Waals surface area contributed by atoms with Gasteiger partial charge >= 0.3 is 0 Å². The van der Waals surface area contributed by atoms with Crippen LogP contribution < -0.4 is 5.56 Å². The Labute approximate surface area is 114 Å². The summed E-state index contributed by atoms with van der Waals surface area (Å²) in [5.74, 6) is 0.936. The zero-order chi connectivity index (χ0) is 13.9. The van der Waals surface area contributed by atoms with E-state index in [1.165, 1.54) is 17.1 Å². The van der Waals surface area contributed by atoms with E-state index in [0.29, 0.717) is 18.1 Å². The van der Waals surface area contributed by atoms with Gasteiger partial charge < -0.3 is 9.05 Å². The SMILES string of the molecule is C[C@H](c1nc(Cc2ccccc2)no1)n1occc1=O. The average Bonchev–Trinajstić information content (AvgIpc) is 3.08. The number of benzene rings is 1. The predicted octanol–water partition coefficient (Wildman–Crippen LogP) is 2.02. The van der Waals surface area contributed by atoms with Crippen LogP contribution in [0, 0.1) is 0 Å². The lowest BCUT2D eigenvalue weighted by Gasteiger charge is -2.03. The number of rotatable bonds is 4. The zero-order valence-corrected chi connectivity index (χ0v) is 10.9. The molecule has 0 unspecified atom stereocenters. The van der Waals surface area contributed by atoms with Gasteiger partial charge in [0.15, 0.2) is 5.82 Å². The van der Waals surface area contributed by atoms with Gasteiger partial charge in [0.2, 0.25) is 0 Å². The van der Waals surface area contributed by atoms with Crippen molar-refractivity contribution in [1.82, 2.24) is 14.9 Å². The quantitative estimate of drug-likeness (QED) is 0.725. The Morgan fingerprint density at radius 3 is 2.75 bits per heavy atom. The molecule has 2 aromatic heterocycles. The van der Waals surface area contributed by atoms with Crippen LogP contribution in [0.5, 0.6) is 0 Å². The van der Waals surface area contributed by atoms with Gasteiger partial charge in [-0.2, -0.15) is 9.72 Å². The van der Waals surface area contributed by atoms with Gasteiger partial charge in [0, 0.05) is 12.5 Å². The van der Waals surface area contributed by atoms with E-state index in [9.17, 15) is 4.79 Å². The molecule has 0 saturated carbocycles. The molecule has 0 spiro atoms. The third-order valence-electron chi connectivity index (χ3n) is 3.00. The Morgan fingerprint density at radius 1 is 1.25 bits per heavy atom. The second-order valence-corrected chi connectivity index (χ2v) is 4.46. The lowest BCUT2D eigenvalue weighted by Crippen LogP contribution is -2.18. The van der Waals surface area contributed by atoms with Crippen LogP contribution in [-0.4, -0.2) is 14.9 Å². The minimum Gasteiger partial charge on any atom is -0.383 e. The molecule has 0 fully saturated rings. The van der Waals surface area contributed by atoms with E-state index < -0.39 is 6.04 Å². The van der Waals surface area contributed by atoms with Crippen molar-refractivity contribution in [3.8, 4) is 0 Å². The number of nitrogens with zero attached hydrogens (tertiary/aromatic N) is 3. The van der Waals surface area contributed by atoms with Gasteiger partial charge in [0.1, 0.15) is 12.3 Å². The summed E-state index contributed by atoms with van der Waals surface area (Å²) in [7, 11) is 0. The van der Waals surface area contributed by atoms with Crippen molar-refractivity contribution < 1.29 is 9.05 Å². The Hall–Kier alpha value is -2.63. The van der Waals surface area contributed by atoms with E-state index >= 15 is 0 Å². The van der Waals surface area contributed by atoms with Crippen LogP contribution in [-0.2, 0) is 6.42 Å². The molecule has 0 N–H and O–H groups in total. The summed E-state index contributed by atoms with van der Waals surface area (Å²) in [5.41, 5.74) is 0.864. The summed E-state index contributed by atoms with van der Waals surface area (Å²) >= 11 is 0. The first-order valence-electron chi connectivity index (χ1n) is 6.27. The maximum atomic E-state index is 11.5. The first-order valence-corrected chi connectivity index (χ1v) is 6.27. The fourth-order valence-corrected chi connectivity index (χ4v) is 1.95. The monoisotopic (exact) mass is 271 g/mol. The standard InChI is InChI=1S/C14H13N3O3/c1-10(17-13(18)7-8-19-17)14-15-12(16-20-14)9-11-5-3-2-4-6-11/h2-8,10H,9H2,1H3/t10-/m1/s1. The first-order chi connectivity index (χ1) is 9.74. The van der Waals surface area contributed by atoms with E-state index in [-0.39, 0.29) is 5.56 Å². The van der Waals surface area contributed by atoms with Crippen LogP contribution in [0.3, 0.4) is 0 Å². The van der Waals surface area contributed by atoms with Crippen LogP contribution >= 0.6 is 0 Å². The second-order valence-electron chi connectivity index (χ2n) is 4.46. The summed E-state index contributed by atoms with van der Waals surface area (Å²) in [5, 5.41) is 3.93. The Kier molecular flexibility index (Phi) is 3.20. The lowest BCUT2D eigenvalue weighted by atomic mass is 10.1. The van der Waals surface area contributed by atoms with E-state index in [0.717, 1.165) is 5.56 Å². The van der Waals surface area contributed by atoms with Gasteiger partial charge in [0.25, 0.3) is 11.4 Å². The normalized spacial score (nSPS) is 12.4. The highest BCUT2D eigenvalue weighted by atomic mass is 16.5. The fraction of sp³-hybridized carbons (Fsp3) is 0.214. The van der Waals surface area contributed by atoms with Crippen molar-refractivity contribution in [2.45, 2.75) is 19.4 Å². The molecule has 0 radical (unpaired) electrons. The molecule has 6 nitrogen and oxygen atoms in total. The molecule has 1 aromatic carbocycles. The van der Waals surface area contributed by atoms with Crippen molar-refractivity contribution in [3.63, 3.8) is 0 Å². The molecule has 0 aliphatic heterocycles. The Bertz CT molecular complexity index is 742. The van der Waals surface area contributed by atoms with Crippen molar-refractivity contribution >= 4 is 0 Å². The maximum Gasteiger partial charge on any atom is 0.283 e. The minimum absolute atomic E-state index is 0.236. The van der Waals surface area contributed by atoms with E-state index in [2.05, 4.69) is 10.1 Å². The third-order valence-corrected chi connectivity index (χ3v) is 3.00. The molecule has 0 aliphatic carbocycles.